The van der Waals surface area contributed by atoms with E-state index in [4.69, 9.17) is 9.84 Å². The van der Waals surface area contributed by atoms with Crippen molar-refractivity contribution in [2.45, 2.75) is 39.5 Å². The Morgan fingerprint density at radius 2 is 1.95 bits per heavy atom. The zero-order valence-corrected chi connectivity index (χ0v) is 12.1. The average Bonchev–Trinajstić information content (AvgIpc) is 2.36. The maximum absolute atomic E-state index is 11.5. The van der Waals surface area contributed by atoms with Crippen LogP contribution in [0, 0.1) is 0 Å². The number of amides is 1. The fourth-order valence-corrected chi connectivity index (χ4v) is 1.82. The Bertz CT molecular complexity index is 427. The van der Waals surface area contributed by atoms with Gasteiger partial charge < -0.3 is 9.84 Å². The fourth-order valence-electron chi connectivity index (χ4n) is 1.82. The summed E-state index contributed by atoms with van der Waals surface area (Å²) in [5, 5.41) is 11.3. The molecule has 0 spiro atoms. The molecule has 0 aliphatic carbocycles. The van der Waals surface area contributed by atoms with Gasteiger partial charge in [0.05, 0.1) is 6.61 Å². The molecule has 1 amide bonds. The van der Waals surface area contributed by atoms with Gasteiger partial charge in [0.1, 0.15) is 6.61 Å². The molecule has 0 aliphatic heterocycles. The molecule has 1 rings (SSSR count). The van der Waals surface area contributed by atoms with Crippen LogP contribution >= 0.6 is 0 Å². The Morgan fingerprint density at radius 3 is 2.47 bits per heavy atom. The molecule has 106 valence electrons. The van der Waals surface area contributed by atoms with Gasteiger partial charge in [0.2, 0.25) is 0 Å². The zero-order chi connectivity index (χ0) is 14.4. The molecule has 0 heterocycles. The van der Waals surface area contributed by atoms with Gasteiger partial charge in [-0.25, -0.2) is 4.79 Å². The zero-order valence-electron chi connectivity index (χ0n) is 12.1. The van der Waals surface area contributed by atoms with Gasteiger partial charge in [-0.3, -0.25) is 5.32 Å². The summed E-state index contributed by atoms with van der Waals surface area (Å²) in [6.07, 6.45) is -0.534. The van der Waals surface area contributed by atoms with E-state index in [1.54, 1.807) is 0 Å². The topological polar surface area (TPSA) is 58.6 Å². The smallest absolute Gasteiger partial charge is 0.411 e. The molecule has 0 saturated carbocycles. The largest absolute Gasteiger partial charge is 0.447 e. The van der Waals surface area contributed by atoms with Crippen molar-refractivity contribution in [3.8, 4) is 0 Å². The number of rotatable bonds is 5. The Morgan fingerprint density at radius 1 is 1.26 bits per heavy atom. The summed E-state index contributed by atoms with van der Waals surface area (Å²) >= 11 is 0. The summed E-state index contributed by atoms with van der Waals surface area (Å²) in [6.45, 7) is 8.29. The SMILES string of the molecule is CC(C)c1ccc(NC(=O)OCCO)c(C(C)C)c1. The summed E-state index contributed by atoms with van der Waals surface area (Å²) in [4.78, 5) is 11.5. The van der Waals surface area contributed by atoms with Crippen LogP contribution in [0.25, 0.3) is 0 Å². The van der Waals surface area contributed by atoms with E-state index in [0.717, 1.165) is 11.3 Å². The first kappa shape index (κ1) is 15.5. The molecule has 0 unspecified atom stereocenters. The molecule has 0 radical (unpaired) electrons. The molecular weight excluding hydrogens is 242 g/mol. The molecule has 19 heavy (non-hydrogen) atoms. The van der Waals surface area contributed by atoms with Crippen LogP contribution < -0.4 is 5.32 Å². The van der Waals surface area contributed by atoms with Crippen LogP contribution in [0.5, 0.6) is 0 Å². The van der Waals surface area contributed by atoms with E-state index in [1.165, 1.54) is 5.56 Å². The second-order valence-corrected chi connectivity index (χ2v) is 5.14. The number of aliphatic hydroxyl groups excluding tert-OH is 1. The molecule has 0 bridgehead atoms. The van der Waals surface area contributed by atoms with Gasteiger partial charge in [-0.15, -0.1) is 0 Å². The summed E-state index contributed by atoms with van der Waals surface area (Å²) in [5.74, 6) is 0.764. The molecule has 4 heteroatoms. The maximum atomic E-state index is 11.5. The fraction of sp³-hybridized carbons (Fsp3) is 0.533. The minimum atomic E-state index is -0.534. The second kappa shape index (κ2) is 7.14. The van der Waals surface area contributed by atoms with Crippen molar-refractivity contribution in [3.63, 3.8) is 0 Å². The highest BCUT2D eigenvalue weighted by Gasteiger charge is 2.12. The second-order valence-electron chi connectivity index (χ2n) is 5.14. The summed E-state index contributed by atoms with van der Waals surface area (Å²) < 4.78 is 4.81. The number of hydrogen-bond acceptors (Lipinski definition) is 3. The molecule has 0 saturated heterocycles. The molecule has 1 aromatic rings. The summed E-state index contributed by atoms with van der Waals surface area (Å²) in [7, 11) is 0. The molecular formula is C15H23NO3. The normalized spacial score (nSPS) is 10.9. The van der Waals surface area contributed by atoms with Crippen LogP contribution in [0.2, 0.25) is 0 Å². The summed E-state index contributed by atoms with van der Waals surface area (Å²) in [5.41, 5.74) is 3.10. The van der Waals surface area contributed by atoms with Gasteiger partial charge in [0.25, 0.3) is 0 Å². The lowest BCUT2D eigenvalue weighted by Crippen LogP contribution is -2.17. The highest BCUT2D eigenvalue weighted by molar-refractivity contribution is 5.85. The molecule has 0 fully saturated rings. The van der Waals surface area contributed by atoms with E-state index in [2.05, 4.69) is 39.1 Å². The lowest BCUT2D eigenvalue weighted by molar-refractivity contribution is 0.131. The Labute approximate surface area is 114 Å². The number of aliphatic hydroxyl groups is 1. The third-order valence-electron chi connectivity index (χ3n) is 2.93. The van der Waals surface area contributed by atoms with Gasteiger partial charge in [-0.1, -0.05) is 39.8 Å². The molecule has 0 atom stereocenters. The quantitative estimate of drug-likeness (QED) is 0.857. The predicted octanol–water partition coefficient (Wildman–Crippen LogP) is 3.47. The number of benzene rings is 1. The maximum Gasteiger partial charge on any atom is 0.411 e. The van der Waals surface area contributed by atoms with Gasteiger partial charge in [0.15, 0.2) is 0 Å². The van der Waals surface area contributed by atoms with Crippen LogP contribution in [-0.4, -0.2) is 24.4 Å². The average molecular weight is 265 g/mol. The standard InChI is InChI=1S/C15H23NO3/c1-10(2)12-5-6-14(13(9-12)11(3)4)16-15(18)19-8-7-17/h5-6,9-11,17H,7-8H2,1-4H3,(H,16,18). The highest BCUT2D eigenvalue weighted by Crippen LogP contribution is 2.28. The highest BCUT2D eigenvalue weighted by atomic mass is 16.6. The lowest BCUT2D eigenvalue weighted by atomic mass is 9.94. The Kier molecular flexibility index (Phi) is 5.83. The van der Waals surface area contributed by atoms with E-state index < -0.39 is 6.09 Å². The van der Waals surface area contributed by atoms with Crippen molar-refractivity contribution >= 4 is 11.8 Å². The summed E-state index contributed by atoms with van der Waals surface area (Å²) in [6, 6.07) is 6.04. The Balaban J connectivity index is 2.91. The first-order valence-corrected chi connectivity index (χ1v) is 6.64. The van der Waals surface area contributed by atoms with Crippen molar-refractivity contribution in [1.82, 2.24) is 0 Å². The third kappa shape index (κ3) is 4.56. The first-order valence-electron chi connectivity index (χ1n) is 6.64. The first-order chi connectivity index (χ1) is 8.95. The molecule has 0 aromatic heterocycles. The van der Waals surface area contributed by atoms with Crippen molar-refractivity contribution < 1.29 is 14.6 Å². The lowest BCUT2D eigenvalue weighted by Gasteiger charge is -2.16. The van der Waals surface area contributed by atoms with Crippen LogP contribution in [-0.2, 0) is 4.74 Å². The van der Waals surface area contributed by atoms with Crippen LogP contribution in [0.1, 0.15) is 50.7 Å². The molecule has 4 nitrogen and oxygen atoms in total. The van der Waals surface area contributed by atoms with Crippen molar-refractivity contribution in [3.05, 3.63) is 29.3 Å². The predicted molar refractivity (Wildman–Crippen MR) is 76.7 cm³/mol. The van der Waals surface area contributed by atoms with Crippen LogP contribution in [0.4, 0.5) is 10.5 Å². The van der Waals surface area contributed by atoms with E-state index in [9.17, 15) is 4.79 Å². The van der Waals surface area contributed by atoms with Gasteiger partial charge in [-0.05, 0) is 29.0 Å². The minimum absolute atomic E-state index is 0.00687. The number of ether oxygens (including phenoxy) is 1. The molecule has 1 aromatic carbocycles. The van der Waals surface area contributed by atoms with Crippen molar-refractivity contribution in [1.29, 1.82) is 0 Å². The number of anilines is 1. The molecule has 0 aliphatic rings. The molecule has 2 N–H and O–H groups in total. The van der Waals surface area contributed by atoms with E-state index in [0.29, 0.717) is 11.8 Å². The van der Waals surface area contributed by atoms with Crippen LogP contribution in [0.15, 0.2) is 18.2 Å². The van der Waals surface area contributed by atoms with Gasteiger partial charge in [-0.2, -0.15) is 0 Å². The van der Waals surface area contributed by atoms with E-state index in [-0.39, 0.29) is 13.2 Å². The number of carbonyl (C=O) groups excluding carboxylic acids is 1. The number of hydrogen-bond donors (Lipinski definition) is 2. The monoisotopic (exact) mass is 265 g/mol. The minimum Gasteiger partial charge on any atom is -0.447 e. The van der Waals surface area contributed by atoms with Crippen LogP contribution in [0.3, 0.4) is 0 Å². The van der Waals surface area contributed by atoms with Crippen molar-refractivity contribution in [2.24, 2.45) is 0 Å². The van der Waals surface area contributed by atoms with Gasteiger partial charge in [0, 0.05) is 5.69 Å². The van der Waals surface area contributed by atoms with E-state index >= 15 is 0 Å². The van der Waals surface area contributed by atoms with Crippen molar-refractivity contribution in [2.75, 3.05) is 18.5 Å². The van der Waals surface area contributed by atoms with E-state index in [1.807, 2.05) is 12.1 Å². The Hall–Kier alpha value is -1.55. The van der Waals surface area contributed by atoms with Gasteiger partial charge >= 0.3 is 6.09 Å². The number of carbonyl (C=O) groups is 1. The number of nitrogens with one attached hydrogen (secondary N) is 1. The third-order valence-corrected chi connectivity index (χ3v) is 2.93.